The molecular weight excluding hydrogens is 164 g/mol. The molecule has 0 atom stereocenters. The Morgan fingerprint density at radius 2 is 2.08 bits per heavy atom. The Hall–Kier alpha value is -0.560. The van der Waals surface area contributed by atoms with Gasteiger partial charge in [-0.3, -0.25) is 0 Å². The van der Waals surface area contributed by atoms with E-state index in [1.165, 1.54) is 23.3 Å². The molecule has 1 aromatic heterocycles. The number of thiophene rings is 1. The zero-order valence-electron chi connectivity index (χ0n) is 8.05. The summed E-state index contributed by atoms with van der Waals surface area (Å²) in [6.07, 6.45) is 6.97. The summed E-state index contributed by atoms with van der Waals surface area (Å²) in [5.41, 5.74) is 3.03. The first-order valence-electron chi connectivity index (χ1n) is 4.61. The van der Waals surface area contributed by atoms with Gasteiger partial charge in [0.2, 0.25) is 0 Å². The van der Waals surface area contributed by atoms with Crippen molar-refractivity contribution in [2.75, 3.05) is 0 Å². The Kier molecular flexibility index (Phi) is 3.54. The fourth-order valence-corrected chi connectivity index (χ4v) is 2.28. The highest BCUT2D eigenvalue weighted by molar-refractivity contribution is 7.10. The van der Waals surface area contributed by atoms with E-state index in [2.05, 4.69) is 24.5 Å². The van der Waals surface area contributed by atoms with Gasteiger partial charge < -0.3 is 0 Å². The predicted octanol–water partition coefficient (Wildman–Crippen LogP) is 4.04. The zero-order valence-corrected chi connectivity index (χ0v) is 8.87. The van der Waals surface area contributed by atoms with E-state index in [-0.39, 0.29) is 0 Å². The monoisotopic (exact) mass is 180 g/mol. The summed E-state index contributed by atoms with van der Waals surface area (Å²) < 4.78 is 0. The van der Waals surface area contributed by atoms with Gasteiger partial charge in [-0.1, -0.05) is 26.0 Å². The van der Waals surface area contributed by atoms with Crippen LogP contribution in [0.4, 0.5) is 0 Å². The van der Waals surface area contributed by atoms with Crippen molar-refractivity contribution < 1.29 is 0 Å². The van der Waals surface area contributed by atoms with E-state index in [0.29, 0.717) is 0 Å². The Balaban J connectivity index is 0.000000336. The normalized spacial score (nSPS) is 13.2. The number of hydrogen-bond acceptors (Lipinski definition) is 1. The van der Waals surface area contributed by atoms with Crippen molar-refractivity contribution in [2.45, 2.75) is 33.6 Å². The van der Waals surface area contributed by atoms with E-state index in [1.54, 1.807) is 5.56 Å². The van der Waals surface area contributed by atoms with E-state index in [9.17, 15) is 0 Å². The molecule has 1 heteroatoms. The van der Waals surface area contributed by atoms with Crippen LogP contribution < -0.4 is 0 Å². The lowest BCUT2D eigenvalue weighted by atomic mass is 10.0. The summed E-state index contributed by atoms with van der Waals surface area (Å²) in [5, 5.41) is 2.25. The predicted molar refractivity (Wildman–Crippen MR) is 57.8 cm³/mol. The van der Waals surface area contributed by atoms with Crippen molar-refractivity contribution in [3.8, 4) is 0 Å². The van der Waals surface area contributed by atoms with Crippen molar-refractivity contribution in [3.05, 3.63) is 27.5 Å². The van der Waals surface area contributed by atoms with Crippen molar-refractivity contribution in [2.24, 2.45) is 0 Å². The number of allylic oxidation sites excluding steroid dienone is 1. The lowest BCUT2D eigenvalue weighted by Crippen LogP contribution is -1.90. The van der Waals surface area contributed by atoms with Gasteiger partial charge in [0.05, 0.1) is 0 Å². The van der Waals surface area contributed by atoms with Gasteiger partial charge >= 0.3 is 0 Å². The lowest BCUT2D eigenvalue weighted by molar-refractivity contribution is 0.984. The Labute approximate surface area is 78.9 Å². The molecule has 0 amide bonds. The highest BCUT2D eigenvalue weighted by atomic mass is 32.1. The van der Waals surface area contributed by atoms with Crippen molar-refractivity contribution in [3.63, 3.8) is 0 Å². The first-order valence-corrected chi connectivity index (χ1v) is 5.49. The third-order valence-electron chi connectivity index (χ3n) is 1.99. The van der Waals surface area contributed by atoms with Crippen LogP contribution in [0.5, 0.6) is 0 Å². The van der Waals surface area contributed by atoms with Crippen molar-refractivity contribution in [1.82, 2.24) is 0 Å². The van der Waals surface area contributed by atoms with E-state index in [0.717, 1.165) is 0 Å². The SMILES string of the molecule is CC.Cc1scc2c1CCC=C2. The van der Waals surface area contributed by atoms with Crippen LogP contribution in [-0.2, 0) is 6.42 Å². The Bertz CT molecular complexity index is 269. The average Bonchev–Trinajstić information content (AvgIpc) is 2.53. The summed E-state index contributed by atoms with van der Waals surface area (Å²) in [4.78, 5) is 1.50. The molecule has 0 bridgehead atoms. The summed E-state index contributed by atoms with van der Waals surface area (Å²) >= 11 is 1.87. The molecule has 0 radical (unpaired) electrons. The molecule has 0 unspecified atom stereocenters. The minimum Gasteiger partial charge on any atom is -0.148 e. The van der Waals surface area contributed by atoms with Gasteiger partial charge in [-0.25, -0.2) is 0 Å². The van der Waals surface area contributed by atoms with Crippen molar-refractivity contribution in [1.29, 1.82) is 0 Å². The summed E-state index contributed by atoms with van der Waals surface area (Å²) in [6, 6.07) is 0. The molecule has 2 rings (SSSR count). The zero-order chi connectivity index (χ0) is 8.97. The van der Waals surface area contributed by atoms with Gasteiger partial charge in [0.1, 0.15) is 0 Å². The smallest absolute Gasteiger partial charge is 0.00524 e. The minimum absolute atomic E-state index is 1.23. The van der Waals surface area contributed by atoms with Crippen molar-refractivity contribution >= 4 is 17.4 Å². The van der Waals surface area contributed by atoms with Gasteiger partial charge in [-0.15, -0.1) is 11.3 Å². The summed E-state index contributed by atoms with van der Waals surface area (Å²) in [5.74, 6) is 0. The molecule has 1 heterocycles. The van der Waals surface area contributed by atoms with E-state index in [1.807, 2.05) is 25.2 Å². The standard InChI is InChI=1S/C9H10S.C2H6/c1-7-9-5-3-2-4-8(9)6-10-7;1-2/h2,4,6H,3,5H2,1H3;1-2H3. The minimum atomic E-state index is 1.23. The Morgan fingerprint density at radius 3 is 2.75 bits per heavy atom. The number of fused-ring (bicyclic) bond motifs is 1. The van der Waals surface area contributed by atoms with Crippen LogP contribution in [0.15, 0.2) is 11.5 Å². The van der Waals surface area contributed by atoms with E-state index < -0.39 is 0 Å². The number of hydrogen-bond donors (Lipinski definition) is 0. The maximum Gasteiger partial charge on any atom is 0.00524 e. The summed E-state index contributed by atoms with van der Waals surface area (Å²) in [6.45, 7) is 6.21. The first kappa shape index (κ1) is 9.53. The van der Waals surface area contributed by atoms with Crippen LogP contribution >= 0.6 is 11.3 Å². The molecule has 0 spiro atoms. The van der Waals surface area contributed by atoms with Gasteiger partial charge in [0.15, 0.2) is 0 Å². The van der Waals surface area contributed by atoms with E-state index >= 15 is 0 Å². The van der Waals surface area contributed by atoms with Gasteiger partial charge in [0.25, 0.3) is 0 Å². The largest absolute Gasteiger partial charge is 0.148 e. The Morgan fingerprint density at radius 1 is 1.33 bits per heavy atom. The third kappa shape index (κ3) is 1.78. The highest BCUT2D eigenvalue weighted by Crippen LogP contribution is 2.27. The van der Waals surface area contributed by atoms with Gasteiger partial charge in [-0.2, -0.15) is 0 Å². The number of aryl methyl sites for hydroxylation is 1. The second kappa shape index (κ2) is 4.46. The maximum absolute atomic E-state index is 2.26. The quantitative estimate of drug-likeness (QED) is 0.565. The molecule has 0 nitrogen and oxygen atoms in total. The summed E-state index contributed by atoms with van der Waals surface area (Å²) in [7, 11) is 0. The van der Waals surface area contributed by atoms with E-state index in [4.69, 9.17) is 0 Å². The fourth-order valence-electron chi connectivity index (χ4n) is 1.40. The topological polar surface area (TPSA) is 0 Å². The maximum atomic E-state index is 2.26. The number of rotatable bonds is 0. The molecule has 66 valence electrons. The van der Waals surface area contributed by atoms with Crippen LogP contribution in [-0.4, -0.2) is 0 Å². The van der Waals surface area contributed by atoms with Crippen LogP contribution in [0.3, 0.4) is 0 Å². The highest BCUT2D eigenvalue weighted by Gasteiger charge is 2.07. The molecule has 12 heavy (non-hydrogen) atoms. The van der Waals surface area contributed by atoms with Crippen LogP contribution in [0, 0.1) is 6.92 Å². The average molecular weight is 180 g/mol. The molecule has 1 aromatic rings. The van der Waals surface area contributed by atoms with Gasteiger partial charge in [0, 0.05) is 4.88 Å². The van der Waals surface area contributed by atoms with Crippen LogP contribution in [0.25, 0.3) is 6.08 Å². The molecule has 1 aliphatic carbocycles. The fraction of sp³-hybridized carbons (Fsp3) is 0.455. The van der Waals surface area contributed by atoms with Crippen LogP contribution in [0.1, 0.15) is 36.3 Å². The first-order chi connectivity index (χ1) is 5.88. The molecule has 0 aromatic carbocycles. The second-order valence-corrected chi connectivity index (χ2v) is 3.75. The molecule has 0 saturated heterocycles. The molecular formula is C11H16S. The second-order valence-electron chi connectivity index (χ2n) is 2.67. The molecule has 0 aliphatic heterocycles. The van der Waals surface area contributed by atoms with Gasteiger partial charge in [-0.05, 0) is 36.3 Å². The molecule has 0 saturated carbocycles. The molecule has 1 aliphatic rings. The third-order valence-corrected chi connectivity index (χ3v) is 2.97. The lowest BCUT2D eigenvalue weighted by Gasteiger charge is -2.04. The molecule has 0 fully saturated rings. The van der Waals surface area contributed by atoms with Crippen LogP contribution in [0.2, 0.25) is 0 Å². The molecule has 0 N–H and O–H groups in total.